The van der Waals surface area contributed by atoms with E-state index in [1.165, 1.54) is 4.90 Å². The smallest absolute Gasteiger partial charge is 0.0116 e. The fourth-order valence-electron chi connectivity index (χ4n) is 1.26. The van der Waals surface area contributed by atoms with E-state index in [0.717, 1.165) is 0 Å². The summed E-state index contributed by atoms with van der Waals surface area (Å²) in [6.07, 6.45) is 10.6. The number of hydrogen-bond donors (Lipinski definition) is 0. The first-order chi connectivity index (χ1) is 8.14. The average Bonchev–Trinajstić information content (AvgIpc) is 2.30. The van der Waals surface area contributed by atoms with Gasteiger partial charge in [0.25, 0.3) is 0 Å². The molecule has 0 spiro atoms. The molecule has 1 rings (SSSR count). The molecular weight excluding hydrogens is 224 g/mol. The van der Waals surface area contributed by atoms with Crippen molar-refractivity contribution < 1.29 is 0 Å². The van der Waals surface area contributed by atoms with Gasteiger partial charge in [0.2, 0.25) is 0 Å². The molecule has 90 valence electrons. The maximum Gasteiger partial charge on any atom is 0.0116 e. The SMILES string of the molecule is C/C=C\C=C/C(C)(C)/C=C/Sc1ccccc1. The van der Waals surface area contributed by atoms with Gasteiger partial charge >= 0.3 is 0 Å². The van der Waals surface area contributed by atoms with Crippen LogP contribution in [0.3, 0.4) is 0 Å². The van der Waals surface area contributed by atoms with E-state index in [1.54, 1.807) is 11.8 Å². The van der Waals surface area contributed by atoms with Crippen molar-refractivity contribution in [3.8, 4) is 0 Å². The molecule has 0 aromatic heterocycles. The average molecular weight is 244 g/mol. The van der Waals surface area contributed by atoms with Gasteiger partial charge in [-0.05, 0) is 24.5 Å². The van der Waals surface area contributed by atoms with Gasteiger partial charge in [-0.25, -0.2) is 0 Å². The lowest BCUT2D eigenvalue weighted by molar-refractivity contribution is 0.627. The molecule has 0 aliphatic carbocycles. The van der Waals surface area contributed by atoms with Crippen molar-refractivity contribution >= 4 is 11.8 Å². The number of rotatable bonds is 5. The molecule has 0 N–H and O–H groups in total. The lowest BCUT2D eigenvalue weighted by atomic mass is 9.93. The van der Waals surface area contributed by atoms with E-state index >= 15 is 0 Å². The van der Waals surface area contributed by atoms with Crippen molar-refractivity contribution in [2.75, 3.05) is 0 Å². The van der Waals surface area contributed by atoms with Crippen molar-refractivity contribution in [3.63, 3.8) is 0 Å². The molecule has 1 heteroatoms. The molecule has 17 heavy (non-hydrogen) atoms. The van der Waals surface area contributed by atoms with Crippen LogP contribution in [0.4, 0.5) is 0 Å². The normalized spacial score (nSPS) is 13.1. The Kier molecular flexibility index (Phi) is 5.85. The second kappa shape index (κ2) is 7.18. The van der Waals surface area contributed by atoms with Crippen LogP contribution in [0.1, 0.15) is 20.8 Å². The molecule has 0 heterocycles. The highest BCUT2D eigenvalue weighted by Gasteiger charge is 2.07. The highest BCUT2D eigenvalue weighted by Crippen LogP contribution is 2.24. The largest absolute Gasteiger partial charge is 0.0984 e. The summed E-state index contributed by atoms with van der Waals surface area (Å²) in [5.41, 5.74) is 0.0985. The van der Waals surface area contributed by atoms with Crippen LogP contribution < -0.4 is 0 Å². The van der Waals surface area contributed by atoms with Crippen LogP contribution >= 0.6 is 11.8 Å². The fraction of sp³-hybridized carbons (Fsp3) is 0.250. The summed E-state index contributed by atoms with van der Waals surface area (Å²) >= 11 is 1.75. The molecule has 1 aromatic carbocycles. The van der Waals surface area contributed by atoms with Gasteiger partial charge in [-0.3, -0.25) is 0 Å². The summed E-state index contributed by atoms with van der Waals surface area (Å²) in [7, 11) is 0. The topological polar surface area (TPSA) is 0 Å². The lowest BCUT2D eigenvalue weighted by Crippen LogP contribution is -2.01. The molecule has 0 saturated carbocycles. The molecule has 1 aromatic rings. The van der Waals surface area contributed by atoms with Crippen LogP contribution in [0.2, 0.25) is 0 Å². The summed E-state index contributed by atoms with van der Waals surface area (Å²) in [6, 6.07) is 10.4. The van der Waals surface area contributed by atoms with Crippen LogP contribution in [0.5, 0.6) is 0 Å². The maximum absolute atomic E-state index is 2.23. The first-order valence-electron chi connectivity index (χ1n) is 5.84. The van der Waals surface area contributed by atoms with Crippen molar-refractivity contribution in [1.82, 2.24) is 0 Å². The first kappa shape index (κ1) is 13.9. The Hall–Kier alpha value is -1.21. The molecule has 0 saturated heterocycles. The van der Waals surface area contributed by atoms with Crippen LogP contribution in [0, 0.1) is 5.41 Å². The third-order valence-corrected chi connectivity index (χ3v) is 3.09. The lowest BCUT2D eigenvalue weighted by Gasteiger charge is -2.13. The first-order valence-corrected chi connectivity index (χ1v) is 6.72. The standard InChI is InChI=1S/C16H20S/c1-4-5-9-12-16(2,3)13-14-17-15-10-7-6-8-11-15/h4-14H,1-3H3/b5-4-,12-9-,14-13+. The van der Waals surface area contributed by atoms with Crippen molar-refractivity contribution in [2.45, 2.75) is 25.7 Å². The minimum Gasteiger partial charge on any atom is -0.0984 e. The van der Waals surface area contributed by atoms with Crippen LogP contribution in [0.25, 0.3) is 0 Å². The second-order valence-electron chi connectivity index (χ2n) is 4.44. The molecule has 0 aliphatic heterocycles. The number of allylic oxidation sites excluding steroid dienone is 5. The zero-order valence-corrected chi connectivity index (χ0v) is 11.6. The quantitative estimate of drug-likeness (QED) is 0.490. The van der Waals surface area contributed by atoms with Gasteiger partial charge in [0.1, 0.15) is 0 Å². The molecule has 0 atom stereocenters. The highest BCUT2D eigenvalue weighted by molar-refractivity contribution is 8.02. The van der Waals surface area contributed by atoms with Gasteiger partial charge in [0.05, 0.1) is 0 Å². The molecule has 0 amide bonds. The molecule has 0 bridgehead atoms. The summed E-state index contributed by atoms with van der Waals surface area (Å²) in [6.45, 7) is 6.43. The van der Waals surface area contributed by atoms with E-state index in [4.69, 9.17) is 0 Å². The maximum atomic E-state index is 2.23. The number of hydrogen-bond acceptors (Lipinski definition) is 1. The number of thioether (sulfide) groups is 1. The summed E-state index contributed by atoms with van der Waals surface area (Å²) in [5, 5.41) is 2.16. The van der Waals surface area contributed by atoms with E-state index in [9.17, 15) is 0 Å². The zero-order chi connectivity index (χ0) is 12.6. The Morgan fingerprint density at radius 2 is 1.71 bits per heavy atom. The minimum atomic E-state index is 0.0985. The van der Waals surface area contributed by atoms with Gasteiger partial charge in [-0.2, -0.15) is 0 Å². The molecule has 0 fully saturated rings. The van der Waals surface area contributed by atoms with E-state index in [0.29, 0.717) is 0 Å². The van der Waals surface area contributed by atoms with E-state index in [2.05, 4.69) is 67.8 Å². The summed E-state index contributed by atoms with van der Waals surface area (Å²) in [5.74, 6) is 0. The molecule has 0 unspecified atom stereocenters. The van der Waals surface area contributed by atoms with Crippen molar-refractivity contribution in [1.29, 1.82) is 0 Å². The Bertz CT molecular complexity index is 397. The Balaban J connectivity index is 2.53. The van der Waals surface area contributed by atoms with Gasteiger partial charge in [-0.1, -0.05) is 74.2 Å². The van der Waals surface area contributed by atoms with Crippen LogP contribution in [0.15, 0.2) is 71.0 Å². The Morgan fingerprint density at radius 1 is 1.00 bits per heavy atom. The van der Waals surface area contributed by atoms with Crippen molar-refractivity contribution in [3.05, 3.63) is 66.1 Å². The van der Waals surface area contributed by atoms with Crippen molar-refractivity contribution in [2.24, 2.45) is 5.41 Å². The van der Waals surface area contributed by atoms with Gasteiger partial charge in [-0.15, -0.1) is 0 Å². The van der Waals surface area contributed by atoms with Crippen LogP contribution in [-0.2, 0) is 0 Å². The summed E-state index contributed by atoms with van der Waals surface area (Å²) < 4.78 is 0. The second-order valence-corrected chi connectivity index (χ2v) is 5.42. The van der Waals surface area contributed by atoms with E-state index in [1.807, 2.05) is 19.1 Å². The molecular formula is C16H20S. The van der Waals surface area contributed by atoms with Crippen LogP contribution in [-0.4, -0.2) is 0 Å². The third-order valence-electron chi connectivity index (χ3n) is 2.27. The monoisotopic (exact) mass is 244 g/mol. The molecule has 0 nitrogen and oxygen atoms in total. The molecule has 0 radical (unpaired) electrons. The third kappa shape index (κ3) is 6.18. The number of benzene rings is 1. The zero-order valence-electron chi connectivity index (χ0n) is 10.8. The van der Waals surface area contributed by atoms with Gasteiger partial charge < -0.3 is 0 Å². The predicted octanol–water partition coefficient (Wildman–Crippen LogP) is 5.45. The molecule has 0 aliphatic rings. The fourth-order valence-corrected chi connectivity index (χ4v) is 2.15. The van der Waals surface area contributed by atoms with Gasteiger partial charge in [0, 0.05) is 10.3 Å². The summed E-state index contributed by atoms with van der Waals surface area (Å²) in [4.78, 5) is 1.27. The minimum absolute atomic E-state index is 0.0985. The Morgan fingerprint density at radius 3 is 2.35 bits per heavy atom. The predicted molar refractivity (Wildman–Crippen MR) is 79.2 cm³/mol. The highest BCUT2D eigenvalue weighted by atomic mass is 32.2. The Labute approximate surface area is 109 Å². The van der Waals surface area contributed by atoms with E-state index in [-0.39, 0.29) is 5.41 Å². The van der Waals surface area contributed by atoms with Gasteiger partial charge in [0.15, 0.2) is 0 Å². The van der Waals surface area contributed by atoms with E-state index < -0.39 is 0 Å².